The Balaban J connectivity index is 0.00000147. The van der Waals surface area contributed by atoms with Gasteiger partial charge in [-0.3, -0.25) is 9.59 Å². The molecule has 2 amide bonds. The number of rotatable bonds is 2. The van der Waals surface area contributed by atoms with Gasteiger partial charge in [0.1, 0.15) is 6.04 Å². The molecule has 1 atom stereocenters. The number of benzene rings is 1. The number of carbonyl (C=O) groups is 2. The molecule has 1 fully saturated rings. The lowest BCUT2D eigenvalue weighted by Gasteiger charge is -2.19. The van der Waals surface area contributed by atoms with Gasteiger partial charge in [-0.05, 0) is 43.0 Å². The van der Waals surface area contributed by atoms with Crippen molar-refractivity contribution in [2.45, 2.75) is 31.7 Å². The van der Waals surface area contributed by atoms with Crippen LogP contribution >= 0.6 is 12.4 Å². The first-order chi connectivity index (χ1) is 9.22. The van der Waals surface area contributed by atoms with E-state index in [-0.39, 0.29) is 30.3 Å². The van der Waals surface area contributed by atoms with Crippen LogP contribution in [0.25, 0.3) is 0 Å². The van der Waals surface area contributed by atoms with Crippen LogP contribution in [0, 0.1) is 0 Å². The van der Waals surface area contributed by atoms with Crippen molar-refractivity contribution in [1.82, 2.24) is 5.32 Å². The molecule has 0 unspecified atom stereocenters. The van der Waals surface area contributed by atoms with Crippen molar-refractivity contribution in [1.29, 1.82) is 0 Å². The zero-order valence-corrected chi connectivity index (χ0v) is 11.9. The molecule has 0 spiro atoms. The fourth-order valence-corrected chi connectivity index (χ4v) is 2.59. The van der Waals surface area contributed by atoms with E-state index in [1.54, 1.807) is 0 Å². The lowest BCUT2D eigenvalue weighted by Crippen LogP contribution is -2.37. The van der Waals surface area contributed by atoms with Gasteiger partial charge in [0, 0.05) is 24.3 Å². The van der Waals surface area contributed by atoms with Gasteiger partial charge in [0.15, 0.2) is 0 Å². The average Bonchev–Trinajstić information content (AvgIpc) is 2.85. The van der Waals surface area contributed by atoms with E-state index < -0.39 is 0 Å². The predicted octanol–water partition coefficient (Wildman–Crippen LogP) is 1.68. The minimum absolute atomic E-state index is 0. The first-order valence-corrected chi connectivity index (χ1v) is 6.69. The maximum Gasteiger partial charge on any atom is 0.246 e. The summed E-state index contributed by atoms with van der Waals surface area (Å²) < 4.78 is 0. The van der Waals surface area contributed by atoms with Gasteiger partial charge in [0.25, 0.3) is 0 Å². The van der Waals surface area contributed by atoms with Gasteiger partial charge < -0.3 is 16.0 Å². The summed E-state index contributed by atoms with van der Waals surface area (Å²) in [6.07, 6.45) is 3.17. The molecule has 1 saturated heterocycles. The normalized spacial score (nSPS) is 20.2. The first-order valence-electron chi connectivity index (χ1n) is 6.69. The Morgan fingerprint density at radius 2 is 2.15 bits per heavy atom. The van der Waals surface area contributed by atoms with E-state index in [0.29, 0.717) is 12.8 Å². The molecule has 0 bridgehead atoms. The quantitative estimate of drug-likeness (QED) is 0.777. The highest BCUT2D eigenvalue weighted by Crippen LogP contribution is 2.25. The van der Waals surface area contributed by atoms with Crippen molar-refractivity contribution in [2.24, 2.45) is 0 Å². The van der Waals surface area contributed by atoms with Crippen LogP contribution in [0.3, 0.4) is 0 Å². The van der Waals surface area contributed by atoms with E-state index in [9.17, 15) is 9.59 Å². The Morgan fingerprint density at radius 1 is 1.30 bits per heavy atom. The standard InChI is InChI=1S/C14H17N3O2.ClH/c18-13-6-5-12(17-13)14(19)16-10-3-4-11-9(8-10)2-1-7-15-11;/h3-4,8,12,15H,1-2,5-7H2,(H,16,19)(H,17,18);1H/t12-;/m0./s1. The number of halogens is 1. The van der Waals surface area contributed by atoms with E-state index in [1.165, 1.54) is 5.56 Å². The summed E-state index contributed by atoms with van der Waals surface area (Å²) in [5.41, 5.74) is 3.19. The zero-order chi connectivity index (χ0) is 13.2. The lowest BCUT2D eigenvalue weighted by molar-refractivity contribution is -0.122. The van der Waals surface area contributed by atoms with E-state index in [2.05, 4.69) is 16.0 Å². The van der Waals surface area contributed by atoms with Crippen molar-refractivity contribution < 1.29 is 9.59 Å². The molecule has 2 aliphatic rings. The third-order valence-electron chi connectivity index (χ3n) is 3.62. The van der Waals surface area contributed by atoms with E-state index >= 15 is 0 Å². The molecule has 20 heavy (non-hydrogen) atoms. The van der Waals surface area contributed by atoms with Gasteiger partial charge in [0.2, 0.25) is 11.8 Å². The van der Waals surface area contributed by atoms with Crippen LogP contribution in [0.5, 0.6) is 0 Å². The summed E-state index contributed by atoms with van der Waals surface area (Å²) in [6.45, 7) is 1.01. The Kier molecular flexibility index (Phi) is 4.49. The van der Waals surface area contributed by atoms with Crippen LogP contribution in [0.1, 0.15) is 24.8 Å². The maximum atomic E-state index is 12.0. The highest BCUT2D eigenvalue weighted by molar-refractivity contribution is 5.99. The molecule has 0 aliphatic carbocycles. The third kappa shape index (κ3) is 3.04. The van der Waals surface area contributed by atoms with Crippen molar-refractivity contribution >= 4 is 35.6 Å². The number of hydrogen-bond acceptors (Lipinski definition) is 3. The van der Waals surface area contributed by atoms with Gasteiger partial charge in [-0.25, -0.2) is 0 Å². The molecule has 3 rings (SSSR count). The smallest absolute Gasteiger partial charge is 0.246 e. The average molecular weight is 296 g/mol. The molecule has 3 N–H and O–H groups in total. The van der Waals surface area contributed by atoms with Crippen LogP contribution < -0.4 is 16.0 Å². The highest BCUT2D eigenvalue weighted by Gasteiger charge is 2.27. The molecular weight excluding hydrogens is 278 g/mol. The van der Waals surface area contributed by atoms with Gasteiger partial charge in [-0.1, -0.05) is 0 Å². The van der Waals surface area contributed by atoms with Gasteiger partial charge in [0.05, 0.1) is 0 Å². The van der Waals surface area contributed by atoms with Gasteiger partial charge in [-0.15, -0.1) is 12.4 Å². The summed E-state index contributed by atoms with van der Waals surface area (Å²) >= 11 is 0. The molecule has 2 aliphatic heterocycles. The Hall–Kier alpha value is -1.75. The molecule has 0 aromatic heterocycles. The number of carbonyl (C=O) groups excluding carboxylic acids is 2. The second-order valence-electron chi connectivity index (χ2n) is 5.05. The maximum absolute atomic E-state index is 12.0. The van der Waals surface area contributed by atoms with Crippen molar-refractivity contribution in [3.8, 4) is 0 Å². The second kappa shape index (κ2) is 6.13. The minimum Gasteiger partial charge on any atom is -0.385 e. The molecule has 2 heterocycles. The van der Waals surface area contributed by atoms with Crippen LogP contribution in [-0.2, 0) is 16.0 Å². The largest absolute Gasteiger partial charge is 0.385 e. The molecule has 0 radical (unpaired) electrons. The topological polar surface area (TPSA) is 70.2 Å². The summed E-state index contributed by atoms with van der Waals surface area (Å²) in [7, 11) is 0. The van der Waals surface area contributed by atoms with Crippen LogP contribution in [0.2, 0.25) is 0 Å². The van der Waals surface area contributed by atoms with Crippen molar-refractivity contribution in [3.63, 3.8) is 0 Å². The molecule has 108 valence electrons. The van der Waals surface area contributed by atoms with Gasteiger partial charge in [-0.2, -0.15) is 0 Å². The molecule has 5 nitrogen and oxygen atoms in total. The van der Waals surface area contributed by atoms with Crippen LogP contribution in [-0.4, -0.2) is 24.4 Å². The third-order valence-corrected chi connectivity index (χ3v) is 3.62. The summed E-state index contributed by atoms with van der Waals surface area (Å²) in [4.78, 5) is 23.1. The zero-order valence-electron chi connectivity index (χ0n) is 11.1. The Labute approximate surface area is 123 Å². The van der Waals surface area contributed by atoms with Crippen molar-refractivity contribution in [3.05, 3.63) is 23.8 Å². The highest BCUT2D eigenvalue weighted by atomic mass is 35.5. The summed E-state index contributed by atoms with van der Waals surface area (Å²) in [5.74, 6) is -0.177. The second-order valence-corrected chi connectivity index (χ2v) is 5.05. The monoisotopic (exact) mass is 295 g/mol. The van der Waals surface area contributed by atoms with E-state index in [1.807, 2.05) is 18.2 Å². The van der Waals surface area contributed by atoms with Crippen LogP contribution in [0.4, 0.5) is 11.4 Å². The molecular formula is C14H18ClN3O2. The van der Waals surface area contributed by atoms with Crippen LogP contribution in [0.15, 0.2) is 18.2 Å². The fourth-order valence-electron chi connectivity index (χ4n) is 2.59. The van der Waals surface area contributed by atoms with E-state index in [0.717, 1.165) is 30.8 Å². The van der Waals surface area contributed by atoms with Gasteiger partial charge >= 0.3 is 0 Å². The van der Waals surface area contributed by atoms with E-state index in [4.69, 9.17) is 0 Å². The Morgan fingerprint density at radius 3 is 2.90 bits per heavy atom. The SMILES string of the molecule is Cl.O=C1CC[C@@H](C(=O)Nc2ccc3c(c2)CCCN3)N1. The number of nitrogens with one attached hydrogen (secondary N) is 3. The number of aryl methyl sites for hydroxylation is 1. The summed E-state index contributed by atoms with van der Waals surface area (Å²) in [6, 6.07) is 5.51. The number of amides is 2. The van der Waals surface area contributed by atoms with Crippen molar-refractivity contribution in [2.75, 3.05) is 17.2 Å². The first kappa shape index (κ1) is 14.7. The predicted molar refractivity (Wildman–Crippen MR) is 80.3 cm³/mol. The minimum atomic E-state index is -0.387. The Bertz CT molecular complexity index is 533. The molecule has 0 saturated carbocycles. The number of fused-ring (bicyclic) bond motifs is 1. The number of hydrogen-bond donors (Lipinski definition) is 3. The molecule has 1 aromatic carbocycles. The fraction of sp³-hybridized carbons (Fsp3) is 0.429. The number of anilines is 2. The lowest BCUT2D eigenvalue weighted by atomic mass is 10.0. The summed E-state index contributed by atoms with van der Waals surface area (Å²) in [5, 5.41) is 8.88. The molecule has 1 aromatic rings. The molecule has 6 heteroatoms.